The molecule has 0 aliphatic rings. The summed E-state index contributed by atoms with van der Waals surface area (Å²) < 4.78 is 28.5. The van der Waals surface area contributed by atoms with E-state index in [4.69, 9.17) is 0 Å². The topological polar surface area (TPSA) is 117 Å². The predicted molar refractivity (Wildman–Crippen MR) is 110 cm³/mol. The average Bonchev–Trinajstić information content (AvgIpc) is 3.08. The van der Waals surface area contributed by atoms with Gasteiger partial charge in [-0.25, -0.2) is 8.42 Å². The second-order valence-corrected chi connectivity index (χ2v) is 9.17. The van der Waals surface area contributed by atoms with Crippen molar-refractivity contribution in [3.05, 3.63) is 52.6 Å². The van der Waals surface area contributed by atoms with Gasteiger partial charge in [0.15, 0.2) is 0 Å². The van der Waals surface area contributed by atoms with E-state index in [-0.39, 0.29) is 16.5 Å². The van der Waals surface area contributed by atoms with Gasteiger partial charge in [-0.05, 0) is 44.5 Å². The standard InChI is InChI=1S/C19H23N5O4S/c1-12(2)24-6-5-15(9-18(24)26)21-17(25)11-23(4)29(27,28)16-8-13(3)7-14-10-20-22-19(14)16/h5-10,12H,11H2,1-4H3,(H,20,22)(H,21,25). The van der Waals surface area contributed by atoms with E-state index in [1.807, 2.05) is 19.9 Å². The molecule has 0 saturated carbocycles. The first kappa shape index (κ1) is 20.7. The lowest BCUT2D eigenvalue weighted by atomic mass is 10.2. The second kappa shape index (κ2) is 7.80. The third-order valence-electron chi connectivity index (χ3n) is 4.50. The van der Waals surface area contributed by atoms with Crippen LogP contribution in [0.5, 0.6) is 0 Å². The highest BCUT2D eigenvalue weighted by Gasteiger charge is 2.26. The monoisotopic (exact) mass is 417 g/mol. The number of aromatic nitrogens is 3. The smallest absolute Gasteiger partial charge is 0.252 e. The molecule has 0 spiro atoms. The number of sulfonamides is 1. The Bertz CT molecular complexity index is 1230. The minimum absolute atomic E-state index is 0.00262. The fourth-order valence-electron chi connectivity index (χ4n) is 3.02. The highest BCUT2D eigenvalue weighted by Crippen LogP contribution is 2.25. The zero-order valence-corrected chi connectivity index (χ0v) is 17.4. The Kier molecular flexibility index (Phi) is 5.58. The number of hydrogen-bond acceptors (Lipinski definition) is 5. The van der Waals surface area contributed by atoms with Crippen molar-refractivity contribution < 1.29 is 13.2 Å². The molecule has 9 nitrogen and oxygen atoms in total. The largest absolute Gasteiger partial charge is 0.325 e. The fraction of sp³-hybridized carbons (Fsp3) is 0.316. The Morgan fingerprint density at radius 3 is 2.69 bits per heavy atom. The maximum Gasteiger partial charge on any atom is 0.252 e. The van der Waals surface area contributed by atoms with Crippen molar-refractivity contribution in [2.75, 3.05) is 18.9 Å². The maximum absolute atomic E-state index is 13.0. The molecule has 2 aromatic heterocycles. The molecule has 0 unspecified atom stereocenters. The normalized spacial score (nSPS) is 12.1. The summed E-state index contributed by atoms with van der Waals surface area (Å²) in [6.45, 7) is 5.14. The van der Waals surface area contributed by atoms with Crippen molar-refractivity contribution in [1.82, 2.24) is 19.1 Å². The molecule has 10 heteroatoms. The highest BCUT2D eigenvalue weighted by molar-refractivity contribution is 7.89. The van der Waals surface area contributed by atoms with Crippen LogP contribution in [0.15, 0.2) is 46.3 Å². The minimum atomic E-state index is -3.94. The zero-order chi connectivity index (χ0) is 21.3. The van der Waals surface area contributed by atoms with E-state index in [2.05, 4.69) is 15.5 Å². The van der Waals surface area contributed by atoms with Crippen LogP contribution in [0.4, 0.5) is 5.69 Å². The van der Waals surface area contributed by atoms with Crippen LogP contribution in [-0.2, 0) is 14.8 Å². The fourth-order valence-corrected chi connectivity index (χ4v) is 4.40. The van der Waals surface area contributed by atoms with Crippen molar-refractivity contribution in [2.24, 2.45) is 0 Å². The van der Waals surface area contributed by atoms with Crippen LogP contribution in [0.1, 0.15) is 25.5 Å². The second-order valence-electron chi connectivity index (χ2n) is 7.16. The third-order valence-corrected chi connectivity index (χ3v) is 6.33. The summed E-state index contributed by atoms with van der Waals surface area (Å²) in [5.41, 5.74) is 1.22. The van der Waals surface area contributed by atoms with Crippen molar-refractivity contribution in [2.45, 2.75) is 31.7 Å². The van der Waals surface area contributed by atoms with Crippen molar-refractivity contribution in [3.8, 4) is 0 Å². The van der Waals surface area contributed by atoms with Crippen molar-refractivity contribution >= 4 is 32.5 Å². The predicted octanol–water partition coefficient (Wildman–Crippen LogP) is 1.87. The van der Waals surface area contributed by atoms with Gasteiger partial charge in [0.1, 0.15) is 4.90 Å². The van der Waals surface area contributed by atoms with E-state index in [0.29, 0.717) is 16.6 Å². The Morgan fingerprint density at radius 1 is 1.31 bits per heavy atom. The number of anilines is 1. The van der Waals surface area contributed by atoms with Crippen LogP contribution in [0, 0.1) is 6.92 Å². The number of likely N-dealkylation sites (N-methyl/N-ethyl adjacent to an activating group) is 1. The van der Waals surface area contributed by atoms with Crippen LogP contribution in [0.2, 0.25) is 0 Å². The molecule has 0 atom stereocenters. The number of pyridine rings is 1. The van der Waals surface area contributed by atoms with Gasteiger partial charge in [-0.1, -0.05) is 0 Å². The van der Waals surface area contributed by atoms with Crippen LogP contribution in [0.3, 0.4) is 0 Å². The molecule has 0 bridgehead atoms. The molecule has 29 heavy (non-hydrogen) atoms. The summed E-state index contributed by atoms with van der Waals surface area (Å²) in [5.74, 6) is -0.550. The van der Waals surface area contributed by atoms with Crippen LogP contribution in [0.25, 0.3) is 10.9 Å². The molecule has 0 saturated heterocycles. The number of carbonyl (C=O) groups excluding carboxylic acids is 1. The Hall–Kier alpha value is -2.98. The molecule has 3 aromatic rings. The molecule has 2 N–H and O–H groups in total. The highest BCUT2D eigenvalue weighted by atomic mass is 32.2. The van der Waals surface area contributed by atoms with E-state index >= 15 is 0 Å². The van der Waals surface area contributed by atoms with Crippen molar-refractivity contribution in [1.29, 1.82) is 0 Å². The Balaban J connectivity index is 1.79. The number of H-pyrrole nitrogens is 1. The molecular formula is C19H23N5O4S. The average molecular weight is 417 g/mol. The first-order valence-electron chi connectivity index (χ1n) is 9.01. The molecule has 3 rings (SSSR count). The quantitative estimate of drug-likeness (QED) is 0.635. The van der Waals surface area contributed by atoms with E-state index in [9.17, 15) is 18.0 Å². The molecule has 2 heterocycles. The van der Waals surface area contributed by atoms with Gasteiger partial charge in [0.2, 0.25) is 15.9 Å². The van der Waals surface area contributed by atoms with Crippen LogP contribution < -0.4 is 10.9 Å². The number of carbonyl (C=O) groups is 1. The molecule has 1 aromatic carbocycles. The SMILES string of the molecule is Cc1cc(S(=O)(=O)N(C)CC(=O)Nc2ccn(C(C)C)c(=O)c2)c2[nH]ncc2c1. The summed E-state index contributed by atoms with van der Waals surface area (Å²) in [7, 11) is -2.61. The van der Waals surface area contributed by atoms with Gasteiger partial charge in [0.05, 0.1) is 18.3 Å². The van der Waals surface area contributed by atoms with Gasteiger partial charge >= 0.3 is 0 Å². The van der Waals surface area contributed by atoms with Crippen molar-refractivity contribution in [3.63, 3.8) is 0 Å². The number of benzene rings is 1. The van der Waals surface area contributed by atoms with Gasteiger partial charge < -0.3 is 9.88 Å². The van der Waals surface area contributed by atoms with Gasteiger partial charge in [-0.2, -0.15) is 9.40 Å². The number of fused-ring (bicyclic) bond motifs is 1. The number of amides is 1. The van der Waals surface area contributed by atoms with Crippen LogP contribution >= 0.6 is 0 Å². The minimum Gasteiger partial charge on any atom is -0.325 e. The number of aromatic amines is 1. The molecule has 0 aliphatic carbocycles. The van der Waals surface area contributed by atoms with E-state index in [1.54, 1.807) is 25.4 Å². The number of nitrogens with one attached hydrogen (secondary N) is 2. The summed E-state index contributed by atoms with van der Waals surface area (Å²) in [6, 6.07) is 6.26. The molecular weight excluding hydrogens is 394 g/mol. The van der Waals surface area contributed by atoms with E-state index in [1.165, 1.54) is 23.7 Å². The maximum atomic E-state index is 13.0. The van der Waals surface area contributed by atoms with Gasteiger partial charge in [-0.15, -0.1) is 0 Å². The lowest BCUT2D eigenvalue weighted by Gasteiger charge is -2.18. The molecule has 0 radical (unpaired) electrons. The number of rotatable bonds is 6. The first-order valence-corrected chi connectivity index (χ1v) is 10.5. The summed E-state index contributed by atoms with van der Waals surface area (Å²) in [5, 5.41) is 9.84. The lowest BCUT2D eigenvalue weighted by molar-refractivity contribution is -0.116. The summed E-state index contributed by atoms with van der Waals surface area (Å²) in [4.78, 5) is 24.5. The first-order chi connectivity index (χ1) is 13.6. The van der Waals surface area contributed by atoms with E-state index < -0.39 is 22.5 Å². The third kappa shape index (κ3) is 4.22. The lowest BCUT2D eigenvalue weighted by Crippen LogP contribution is -2.35. The molecule has 0 aliphatic heterocycles. The Morgan fingerprint density at radius 2 is 2.03 bits per heavy atom. The van der Waals surface area contributed by atoms with Gasteiger partial charge in [0.25, 0.3) is 5.56 Å². The van der Waals surface area contributed by atoms with Crippen LogP contribution in [-0.4, -0.2) is 47.0 Å². The zero-order valence-electron chi connectivity index (χ0n) is 16.6. The number of hydrogen-bond donors (Lipinski definition) is 2. The number of aryl methyl sites for hydroxylation is 1. The number of nitrogens with zero attached hydrogens (tertiary/aromatic N) is 3. The molecule has 154 valence electrons. The molecule has 1 amide bonds. The summed E-state index contributed by atoms with van der Waals surface area (Å²) in [6.07, 6.45) is 3.14. The Labute approximate surface area is 168 Å². The van der Waals surface area contributed by atoms with E-state index in [0.717, 1.165) is 9.87 Å². The summed E-state index contributed by atoms with van der Waals surface area (Å²) >= 11 is 0. The van der Waals surface area contributed by atoms with Gasteiger partial charge in [0, 0.05) is 36.4 Å². The molecule has 0 fully saturated rings. The van der Waals surface area contributed by atoms with Gasteiger partial charge in [-0.3, -0.25) is 14.7 Å².